The first-order valence-corrected chi connectivity index (χ1v) is 8.91. The van der Waals surface area contributed by atoms with Crippen LogP contribution in [0.1, 0.15) is 21.5 Å². The maximum Gasteiger partial charge on any atom is 0.231 e. The van der Waals surface area contributed by atoms with Gasteiger partial charge in [0.15, 0.2) is 5.76 Å². The number of carbonyl (C=O) groups is 1. The van der Waals surface area contributed by atoms with Crippen LogP contribution in [0.3, 0.4) is 0 Å². The van der Waals surface area contributed by atoms with E-state index in [9.17, 15) is 4.79 Å². The number of ketones is 1. The van der Waals surface area contributed by atoms with E-state index in [2.05, 4.69) is 4.98 Å². The van der Waals surface area contributed by atoms with Gasteiger partial charge in [0.1, 0.15) is 18.1 Å². The molecule has 0 unspecified atom stereocenters. The third kappa shape index (κ3) is 3.82. The van der Waals surface area contributed by atoms with Crippen LogP contribution < -0.4 is 9.47 Å². The van der Waals surface area contributed by atoms with Crippen LogP contribution >= 0.6 is 23.2 Å². The summed E-state index contributed by atoms with van der Waals surface area (Å²) in [6.07, 6.45) is 5.02. The summed E-state index contributed by atoms with van der Waals surface area (Å²) in [6.45, 7) is 0.323. The number of hydrogen-bond donors (Lipinski definition) is 0. The first-order chi connectivity index (χ1) is 13.1. The molecular formula is C21H13Cl2NO3. The first-order valence-electron chi connectivity index (χ1n) is 8.15. The third-order valence-electron chi connectivity index (χ3n) is 4.03. The Kier molecular flexibility index (Phi) is 4.84. The number of allylic oxidation sites excluding steroid dienone is 1. The van der Waals surface area contributed by atoms with Crippen molar-refractivity contribution in [1.82, 2.24) is 4.98 Å². The molecule has 0 saturated heterocycles. The number of rotatable bonds is 4. The van der Waals surface area contributed by atoms with Crippen molar-refractivity contribution in [3.63, 3.8) is 0 Å². The highest BCUT2D eigenvalue weighted by atomic mass is 35.5. The number of halogens is 2. The Morgan fingerprint density at radius 3 is 2.59 bits per heavy atom. The highest BCUT2D eigenvalue weighted by Gasteiger charge is 2.27. The van der Waals surface area contributed by atoms with Crippen molar-refractivity contribution < 1.29 is 14.3 Å². The molecule has 4 nitrogen and oxygen atoms in total. The summed E-state index contributed by atoms with van der Waals surface area (Å²) in [4.78, 5) is 16.4. The Morgan fingerprint density at radius 2 is 1.81 bits per heavy atom. The number of nitrogens with zero attached hydrogens (tertiary/aromatic N) is 1. The molecule has 27 heavy (non-hydrogen) atoms. The molecule has 1 aromatic heterocycles. The molecular weight excluding hydrogens is 385 g/mol. The van der Waals surface area contributed by atoms with Gasteiger partial charge in [0.05, 0.1) is 15.6 Å². The van der Waals surface area contributed by atoms with Gasteiger partial charge >= 0.3 is 0 Å². The van der Waals surface area contributed by atoms with Crippen LogP contribution in [-0.4, -0.2) is 10.8 Å². The summed E-state index contributed by atoms with van der Waals surface area (Å²) >= 11 is 11.9. The van der Waals surface area contributed by atoms with Crippen LogP contribution in [0.15, 0.2) is 66.7 Å². The van der Waals surface area contributed by atoms with Gasteiger partial charge < -0.3 is 9.47 Å². The molecule has 0 aliphatic carbocycles. The second kappa shape index (κ2) is 7.43. The predicted molar refractivity (Wildman–Crippen MR) is 104 cm³/mol. The van der Waals surface area contributed by atoms with Crippen molar-refractivity contribution in [2.75, 3.05) is 0 Å². The van der Waals surface area contributed by atoms with Gasteiger partial charge in [0.25, 0.3) is 0 Å². The number of Topliss-reactive ketones (excluding diaryl/α,β-unsaturated/α-hetero) is 1. The molecule has 0 amide bonds. The zero-order valence-electron chi connectivity index (χ0n) is 14.0. The minimum atomic E-state index is -0.155. The van der Waals surface area contributed by atoms with Crippen LogP contribution in [0.2, 0.25) is 10.0 Å². The quantitative estimate of drug-likeness (QED) is 0.538. The van der Waals surface area contributed by atoms with E-state index in [0.717, 1.165) is 11.1 Å². The van der Waals surface area contributed by atoms with Crippen LogP contribution in [0.4, 0.5) is 0 Å². The Bertz CT molecular complexity index is 1050. The van der Waals surface area contributed by atoms with Gasteiger partial charge in [0, 0.05) is 18.5 Å². The maximum absolute atomic E-state index is 12.5. The normalized spacial score (nSPS) is 14.1. The smallest absolute Gasteiger partial charge is 0.231 e. The van der Waals surface area contributed by atoms with Crippen LogP contribution in [-0.2, 0) is 6.61 Å². The molecule has 1 aliphatic heterocycles. The molecule has 1 aliphatic rings. The molecule has 0 spiro atoms. The number of pyridine rings is 1. The fraction of sp³-hybridized carbons (Fsp3) is 0.0476. The minimum Gasteiger partial charge on any atom is -0.489 e. The fourth-order valence-electron chi connectivity index (χ4n) is 2.66. The number of ether oxygens (including phenoxy) is 2. The lowest BCUT2D eigenvalue weighted by atomic mass is 10.1. The zero-order chi connectivity index (χ0) is 18.8. The summed E-state index contributed by atoms with van der Waals surface area (Å²) in [5.74, 6) is 1.19. The average Bonchev–Trinajstić information content (AvgIpc) is 2.98. The number of benzene rings is 2. The maximum atomic E-state index is 12.5. The van der Waals surface area contributed by atoms with E-state index in [1.165, 1.54) is 0 Å². The predicted octanol–water partition coefficient (Wildman–Crippen LogP) is 5.58. The average molecular weight is 398 g/mol. The van der Waals surface area contributed by atoms with Crippen molar-refractivity contribution in [1.29, 1.82) is 0 Å². The zero-order valence-corrected chi connectivity index (χ0v) is 15.5. The number of aromatic nitrogens is 1. The Morgan fingerprint density at radius 1 is 1.00 bits per heavy atom. The molecule has 2 heterocycles. The third-order valence-corrected chi connectivity index (χ3v) is 4.77. The molecule has 2 aromatic carbocycles. The van der Waals surface area contributed by atoms with Crippen molar-refractivity contribution in [3.8, 4) is 11.5 Å². The molecule has 0 atom stereocenters. The van der Waals surface area contributed by atoms with E-state index >= 15 is 0 Å². The highest BCUT2D eigenvalue weighted by molar-refractivity contribution is 6.42. The van der Waals surface area contributed by atoms with Crippen molar-refractivity contribution in [3.05, 3.63) is 93.4 Å². The lowest BCUT2D eigenvalue weighted by Crippen LogP contribution is -1.98. The van der Waals surface area contributed by atoms with E-state index in [1.807, 2.05) is 6.07 Å². The monoisotopic (exact) mass is 397 g/mol. The van der Waals surface area contributed by atoms with E-state index < -0.39 is 0 Å². The minimum absolute atomic E-state index is 0.155. The van der Waals surface area contributed by atoms with Crippen molar-refractivity contribution >= 4 is 35.1 Å². The van der Waals surface area contributed by atoms with Gasteiger partial charge in [-0.25, -0.2) is 0 Å². The van der Waals surface area contributed by atoms with E-state index in [1.54, 1.807) is 60.9 Å². The van der Waals surface area contributed by atoms with Crippen molar-refractivity contribution in [2.45, 2.75) is 6.61 Å². The lowest BCUT2D eigenvalue weighted by molar-refractivity contribution is 0.101. The summed E-state index contributed by atoms with van der Waals surface area (Å²) in [5, 5.41) is 0.977. The van der Waals surface area contributed by atoms with E-state index in [-0.39, 0.29) is 11.5 Å². The molecule has 0 radical (unpaired) electrons. The number of fused-ring (bicyclic) bond motifs is 1. The highest BCUT2D eigenvalue weighted by Crippen LogP contribution is 2.35. The molecule has 0 fully saturated rings. The summed E-state index contributed by atoms with van der Waals surface area (Å²) in [6, 6.07) is 14.1. The molecule has 6 heteroatoms. The molecule has 0 N–H and O–H groups in total. The largest absolute Gasteiger partial charge is 0.489 e. The van der Waals surface area contributed by atoms with E-state index in [0.29, 0.717) is 33.7 Å². The SMILES string of the molecule is O=C1/C(=C/c2ccncc2)Oc2cc(OCc3ccc(Cl)c(Cl)c3)ccc21. The Balaban J connectivity index is 1.50. The molecule has 134 valence electrons. The fourth-order valence-corrected chi connectivity index (χ4v) is 2.98. The second-order valence-corrected chi connectivity index (χ2v) is 6.73. The second-order valence-electron chi connectivity index (χ2n) is 5.92. The standard InChI is InChI=1S/C21H13Cl2NO3/c22-17-4-1-14(9-18(17)23)12-26-15-2-3-16-19(11-15)27-20(21(16)25)10-13-5-7-24-8-6-13/h1-11H,12H2/b20-10-. The molecule has 3 aromatic rings. The van der Waals surface area contributed by atoms with Crippen LogP contribution in [0.5, 0.6) is 11.5 Å². The summed E-state index contributed by atoms with van der Waals surface area (Å²) in [7, 11) is 0. The summed E-state index contributed by atoms with van der Waals surface area (Å²) < 4.78 is 11.5. The van der Waals surface area contributed by atoms with Gasteiger partial charge in [-0.3, -0.25) is 9.78 Å². The molecule has 0 saturated carbocycles. The van der Waals surface area contributed by atoms with Gasteiger partial charge in [0.2, 0.25) is 5.78 Å². The van der Waals surface area contributed by atoms with Crippen LogP contribution in [0.25, 0.3) is 6.08 Å². The Hall–Kier alpha value is -2.82. The van der Waals surface area contributed by atoms with E-state index in [4.69, 9.17) is 32.7 Å². The topological polar surface area (TPSA) is 48.4 Å². The lowest BCUT2D eigenvalue weighted by Gasteiger charge is -2.08. The number of hydrogen-bond acceptors (Lipinski definition) is 4. The summed E-state index contributed by atoms with van der Waals surface area (Å²) in [5.41, 5.74) is 2.25. The van der Waals surface area contributed by atoms with Gasteiger partial charge in [-0.2, -0.15) is 0 Å². The van der Waals surface area contributed by atoms with Gasteiger partial charge in [-0.05, 0) is 53.6 Å². The number of carbonyl (C=O) groups excluding carboxylic acids is 1. The van der Waals surface area contributed by atoms with Crippen LogP contribution in [0, 0.1) is 0 Å². The molecule has 0 bridgehead atoms. The Labute approximate surface area is 166 Å². The van der Waals surface area contributed by atoms with Gasteiger partial charge in [-0.1, -0.05) is 29.3 Å². The first kappa shape index (κ1) is 17.6. The molecule has 4 rings (SSSR count). The van der Waals surface area contributed by atoms with Gasteiger partial charge in [-0.15, -0.1) is 0 Å². The van der Waals surface area contributed by atoms with Crippen molar-refractivity contribution in [2.24, 2.45) is 0 Å².